The van der Waals surface area contributed by atoms with Gasteiger partial charge >= 0.3 is 0 Å². The monoisotopic (exact) mass is 263 g/mol. The lowest BCUT2D eigenvalue weighted by Gasteiger charge is -2.16. The molecule has 0 spiro atoms. The highest BCUT2D eigenvalue weighted by molar-refractivity contribution is 7.13. The van der Waals surface area contributed by atoms with Gasteiger partial charge < -0.3 is 5.32 Å². The van der Waals surface area contributed by atoms with Crippen LogP contribution in [-0.4, -0.2) is 7.05 Å². The first-order chi connectivity index (χ1) is 8.23. The molecule has 1 N–H and O–H groups in total. The molecule has 0 radical (unpaired) electrons. The van der Waals surface area contributed by atoms with E-state index in [0.29, 0.717) is 0 Å². The summed E-state index contributed by atoms with van der Waals surface area (Å²) in [6.07, 6.45) is 2.40. The van der Waals surface area contributed by atoms with Crippen molar-refractivity contribution in [1.82, 2.24) is 5.32 Å². The molecule has 1 aliphatic rings. The van der Waals surface area contributed by atoms with Crippen molar-refractivity contribution in [2.24, 2.45) is 0 Å². The summed E-state index contributed by atoms with van der Waals surface area (Å²) in [7, 11) is 2.03. The van der Waals surface area contributed by atoms with Crippen molar-refractivity contribution < 1.29 is 0 Å². The Kier molecular flexibility index (Phi) is 2.74. The van der Waals surface area contributed by atoms with Crippen LogP contribution in [0.5, 0.6) is 0 Å². The number of thiophene rings is 1. The molecule has 1 heterocycles. The lowest BCUT2D eigenvalue weighted by molar-refractivity contribution is 0.586. The smallest absolute Gasteiger partial charge is 0.0434 e. The molecule has 0 atom stereocenters. The minimum absolute atomic E-state index is 0.177. The van der Waals surface area contributed by atoms with Gasteiger partial charge in [-0.2, -0.15) is 0 Å². The molecule has 0 unspecified atom stereocenters. The molecule has 0 amide bonds. The van der Waals surface area contributed by atoms with Crippen LogP contribution in [0.3, 0.4) is 0 Å². The standard InChI is InChI=1S/C14H14ClNS/c1-16-14(4-5-14)11-7-10(8-12(15)9-11)13-3-2-6-17-13/h2-3,6-9,16H,4-5H2,1H3. The van der Waals surface area contributed by atoms with Crippen LogP contribution < -0.4 is 5.32 Å². The molecule has 3 rings (SSSR count). The molecule has 1 saturated carbocycles. The molecule has 0 bridgehead atoms. The van der Waals surface area contributed by atoms with E-state index in [-0.39, 0.29) is 5.54 Å². The predicted octanol–water partition coefficient (Wildman–Crippen LogP) is 4.28. The number of rotatable bonds is 3. The molecular weight excluding hydrogens is 250 g/mol. The van der Waals surface area contributed by atoms with Gasteiger partial charge in [0.1, 0.15) is 0 Å². The summed E-state index contributed by atoms with van der Waals surface area (Å²) in [4.78, 5) is 1.28. The fourth-order valence-corrected chi connectivity index (χ4v) is 3.21. The molecule has 0 aliphatic heterocycles. The summed E-state index contributed by atoms with van der Waals surface area (Å²) in [5.41, 5.74) is 2.72. The van der Waals surface area contributed by atoms with Crippen LogP contribution in [0.1, 0.15) is 18.4 Å². The van der Waals surface area contributed by atoms with Crippen LogP contribution in [0.25, 0.3) is 10.4 Å². The molecule has 0 saturated heterocycles. The number of hydrogen-bond donors (Lipinski definition) is 1. The van der Waals surface area contributed by atoms with Crippen molar-refractivity contribution >= 4 is 22.9 Å². The Morgan fingerprint density at radius 2 is 2.12 bits per heavy atom. The fourth-order valence-electron chi connectivity index (χ4n) is 2.26. The first kappa shape index (κ1) is 11.3. The molecule has 88 valence electrons. The van der Waals surface area contributed by atoms with E-state index in [9.17, 15) is 0 Å². The zero-order valence-electron chi connectivity index (χ0n) is 9.66. The minimum atomic E-state index is 0.177. The van der Waals surface area contributed by atoms with Gasteiger partial charge in [0.25, 0.3) is 0 Å². The number of benzene rings is 1. The van der Waals surface area contributed by atoms with Crippen LogP contribution in [0.15, 0.2) is 35.7 Å². The molecule has 1 nitrogen and oxygen atoms in total. The van der Waals surface area contributed by atoms with E-state index in [4.69, 9.17) is 11.6 Å². The maximum absolute atomic E-state index is 6.23. The summed E-state index contributed by atoms with van der Waals surface area (Å²) < 4.78 is 0. The Hall–Kier alpha value is -0.830. The molecular formula is C14H14ClNS. The van der Waals surface area contributed by atoms with E-state index in [1.165, 1.54) is 28.8 Å². The second-order valence-electron chi connectivity index (χ2n) is 4.54. The topological polar surface area (TPSA) is 12.0 Å². The summed E-state index contributed by atoms with van der Waals surface area (Å²) >= 11 is 7.99. The Balaban J connectivity index is 2.07. The van der Waals surface area contributed by atoms with Crippen LogP contribution in [-0.2, 0) is 5.54 Å². The van der Waals surface area contributed by atoms with Crippen molar-refractivity contribution in [3.63, 3.8) is 0 Å². The van der Waals surface area contributed by atoms with Gasteiger partial charge in [-0.25, -0.2) is 0 Å². The molecule has 17 heavy (non-hydrogen) atoms. The van der Waals surface area contributed by atoms with Crippen molar-refractivity contribution in [3.8, 4) is 10.4 Å². The van der Waals surface area contributed by atoms with Crippen LogP contribution in [0.2, 0.25) is 5.02 Å². The summed E-state index contributed by atoms with van der Waals surface area (Å²) in [6.45, 7) is 0. The van der Waals surface area contributed by atoms with Crippen molar-refractivity contribution in [3.05, 3.63) is 46.3 Å². The third-order valence-electron chi connectivity index (χ3n) is 3.48. The number of halogens is 1. The van der Waals surface area contributed by atoms with Crippen molar-refractivity contribution in [2.45, 2.75) is 18.4 Å². The van der Waals surface area contributed by atoms with E-state index in [0.717, 1.165) is 5.02 Å². The maximum Gasteiger partial charge on any atom is 0.0434 e. The van der Waals surface area contributed by atoms with Gasteiger partial charge in [-0.1, -0.05) is 17.7 Å². The fraction of sp³-hybridized carbons (Fsp3) is 0.286. The third kappa shape index (κ3) is 2.01. The zero-order valence-corrected chi connectivity index (χ0v) is 11.2. The van der Waals surface area contributed by atoms with Crippen molar-refractivity contribution in [2.75, 3.05) is 7.05 Å². The maximum atomic E-state index is 6.23. The quantitative estimate of drug-likeness (QED) is 0.872. The van der Waals surface area contributed by atoms with Gasteiger partial charge in [0, 0.05) is 15.4 Å². The minimum Gasteiger partial charge on any atom is -0.310 e. The summed E-state index contributed by atoms with van der Waals surface area (Å²) in [5.74, 6) is 0. The summed E-state index contributed by atoms with van der Waals surface area (Å²) in [6, 6.07) is 10.6. The second-order valence-corrected chi connectivity index (χ2v) is 5.92. The Labute approximate surface area is 110 Å². The predicted molar refractivity (Wildman–Crippen MR) is 74.7 cm³/mol. The van der Waals surface area contributed by atoms with E-state index in [1.807, 2.05) is 13.1 Å². The molecule has 1 aromatic heterocycles. The first-order valence-electron chi connectivity index (χ1n) is 5.77. The van der Waals surface area contributed by atoms with E-state index >= 15 is 0 Å². The Morgan fingerprint density at radius 3 is 2.71 bits per heavy atom. The summed E-state index contributed by atoms with van der Waals surface area (Å²) in [5, 5.41) is 6.34. The SMILES string of the molecule is CNC1(c2cc(Cl)cc(-c3cccs3)c2)CC1. The lowest BCUT2D eigenvalue weighted by atomic mass is 10.0. The molecule has 1 aliphatic carbocycles. The van der Waals surface area contributed by atoms with Gasteiger partial charge in [-0.15, -0.1) is 11.3 Å². The third-order valence-corrected chi connectivity index (χ3v) is 4.62. The van der Waals surface area contributed by atoms with Crippen LogP contribution in [0, 0.1) is 0 Å². The van der Waals surface area contributed by atoms with Gasteiger partial charge in [-0.3, -0.25) is 0 Å². The van der Waals surface area contributed by atoms with E-state index in [1.54, 1.807) is 11.3 Å². The van der Waals surface area contributed by atoms with E-state index in [2.05, 4.69) is 35.0 Å². The normalized spacial score (nSPS) is 17.1. The molecule has 1 fully saturated rings. The second kappa shape index (κ2) is 4.13. The highest BCUT2D eigenvalue weighted by Gasteiger charge is 2.42. The molecule has 2 aromatic rings. The highest BCUT2D eigenvalue weighted by atomic mass is 35.5. The molecule has 1 aromatic carbocycles. The first-order valence-corrected chi connectivity index (χ1v) is 7.03. The average molecular weight is 264 g/mol. The van der Waals surface area contributed by atoms with Crippen LogP contribution in [0.4, 0.5) is 0 Å². The number of hydrogen-bond acceptors (Lipinski definition) is 2. The zero-order chi connectivity index (χ0) is 11.9. The van der Waals surface area contributed by atoms with Gasteiger partial charge in [0.05, 0.1) is 0 Å². The average Bonchev–Trinajstić information content (AvgIpc) is 2.94. The van der Waals surface area contributed by atoms with Gasteiger partial charge in [0.2, 0.25) is 0 Å². The number of nitrogens with one attached hydrogen (secondary N) is 1. The highest BCUT2D eigenvalue weighted by Crippen LogP contribution is 2.46. The van der Waals surface area contributed by atoms with Crippen molar-refractivity contribution in [1.29, 1.82) is 0 Å². The largest absolute Gasteiger partial charge is 0.310 e. The van der Waals surface area contributed by atoms with Crippen LogP contribution >= 0.6 is 22.9 Å². The van der Waals surface area contributed by atoms with E-state index < -0.39 is 0 Å². The van der Waals surface area contributed by atoms with Gasteiger partial charge in [0.15, 0.2) is 0 Å². The van der Waals surface area contributed by atoms with Gasteiger partial charge in [-0.05, 0) is 60.7 Å². The molecule has 3 heteroatoms. The lowest BCUT2D eigenvalue weighted by Crippen LogP contribution is -2.24. The Morgan fingerprint density at radius 1 is 1.29 bits per heavy atom. The Bertz CT molecular complexity index is 529.